The van der Waals surface area contributed by atoms with Gasteiger partial charge in [-0.15, -0.1) is 0 Å². The van der Waals surface area contributed by atoms with Crippen LogP contribution in [0.2, 0.25) is 0 Å². The molecule has 7 heteroatoms. The molecule has 1 unspecified atom stereocenters. The Morgan fingerprint density at radius 1 is 1.15 bits per heavy atom. The summed E-state index contributed by atoms with van der Waals surface area (Å²) in [6, 6.07) is 0. The molecule has 118 valence electrons. The summed E-state index contributed by atoms with van der Waals surface area (Å²) in [5.41, 5.74) is -1.80. The van der Waals surface area contributed by atoms with E-state index in [1.807, 2.05) is 0 Å². The van der Waals surface area contributed by atoms with Crippen molar-refractivity contribution in [2.75, 3.05) is 12.4 Å². The van der Waals surface area contributed by atoms with Crippen LogP contribution < -0.4 is 0 Å². The number of hydrogen-bond acceptors (Lipinski definition) is 5. The van der Waals surface area contributed by atoms with E-state index in [4.69, 9.17) is 4.74 Å². The van der Waals surface area contributed by atoms with E-state index >= 15 is 0 Å². The number of hydrogen-bond donors (Lipinski definition) is 1. The number of carboxylic acid groups (broad SMARTS) is 1. The molecular formula is C13H24O6S. The van der Waals surface area contributed by atoms with Gasteiger partial charge in [0.25, 0.3) is 0 Å². The second kappa shape index (κ2) is 6.56. The number of aliphatic carboxylic acids is 1. The van der Waals surface area contributed by atoms with Gasteiger partial charge in [0.1, 0.15) is 0 Å². The highest BCUT2D eigenvalue weighted by Gasteiger charge is 2.47. The first-order valence-electron chi connectivity index (χ1n) is 6.57. The van der Waals surface area contributed by atoms with Crippen molar-refractivity contribution in [2.45, 2.75) is 52.2 Å². The van der Waals surface area contributed by atoms with E-state index in [0.717, 1.165) is 0 Å². The van der Waals surface area contributed by atoms with Gasteiger partial charge in [0.2, 0.25) is 0 Å². The predicted molar refractivity (Wildman–Crippen MR) is 75.1 cm³/mol. The molecule has 20 heavy (non-hydrogen) atoms. The monoisotopic (exact) mass is 308 g/mol. The summed E-state index contributed by atoms with van der Waals surface area (Å²) >= 11 is 0. The standard InChI is InChI=1S/C13H24O6S/c1-6-13(10(14)15,11(16)19-7-2)8-9-20(17,18)12(3,4)5/h6-9H2,1-5H3,(H,14,15). The Hall–Kier alpha value is -1.11. The molecule has 0 spiro atoms. The SMILES string of the molecule is CCOC(=O)C(CC)(CCS(=O)(=O)C(C)(C)C)C(=O)O. The molecule has 0 aliphatic rings. The lowest BCUT2D eigenvalue weighted by Crippen LogP contribution is -2.43. The Bertz CT molecular complexity index is 460. The lowest BCUT2D eigenvalue weighted by atomic mass is 9.82. The lowest BCUT2D eigenvalue weighted by molar-refractivity contribution is -0.169. The number of rotatable bonds is 7. The first-order valence-corrected chi connectivity index (χ1v) is 8.22. The second-order valence-corrected chi connectivity index (χ2v) is 8.51. The third-order valence-electron chi connectivity index (χ3n) is 3.41. The van der Waals surface area contributed by atoms with Gasteiger partial charge >= 0.3 is 11.9 Å². The van der Waals surface area contributed by atoms with Crippen molar-refractivity contribution in [2.24, 2.45) is 5.41 Å². The van der Waals surface area contributed by atoms with Gasteiger partial charge in [-0.1, -0.05) is 6.92 Å². The van der Waals surface area contributed by atoms with Gasteiger partial charge < -0.3 is 9.84 Å². The fourth-order valence-electron chi connectivity index (χ4n) is 1.65. The van der Waals surface area contributed by atoms with Crippen molar-refractivity contribution < 1.29 is 27.9 Å². The molecule has 0 aliphatic heterocycles. The average molecular weight is 308 g/mol. The van der Waals surface area contributed by atoms with Gasteiger partial charge in [-0.3, -0.25) is 9.59 Å². The molecule has 6 nitrogen and oxygen atoms in total. The van der Waals surface area contributed by atoms with Gasteiger partial charge in [0.05, 0.1) is 17.1 Å². The van der Waals surface area contributed by atoms with Crippen LogP contribution in [0.5, 0.6) is 0 Å². The smallest absolute Gasteiger partial charge is 0.323 e. The Balaban J connectivity index is 5.32. The van der Waals surface area contributed by atoms with E-state index in [-0.39, 0.29) is 25.2 Å². The number of carboxylic acids is 1. The van der Waals surface area contributed by atoms with Crippen LogP contribution in [0.4, 0.5) is 0 Å². The minimum absolute atomic E-state index is 0.0131. The van der Waals surface area contributed by atoms with Crippen molar-refractivity contribution >= 4 is 21.8 Å². The van der Waals surface area contributed by atoms with Crippen molar-refractivity contribution in [1.82, 2.24) is 0 Å². The van der Waals surface area contributed by atoms with Crippen LogP contribution in [0, 0.1) is 5.41 Å². The van der Waals surface area contributed by atoms with Crippen molar-refractivity contribution in [3.63, 3.8) is 0 Å². The molecule has 0 fully saturated rings. The van der Waals surface area contributed by atoms with Crippen LogP contribution in [0.25, 0.3) is 0 Å². The predicted octanol–water partition coefficient (Wildman–Crippen LogP) is 1.63. The van der Waals surface area contributed by atoms with E-state index in [1.54, 1.807) is 27.7 Å². The van der Waals surface area contributed by atoms with E-state index in [2.05, 4.69) is 0 Å². The maximum Gasteiger partial charge on any atom is 0.323 e. The third kappa shape index (κ3) is 3.94. The maximum atomic E-state index is 12.1. The summed E-state index contributed by atoms with van der Waals surface area (Å²) in [7, 11) is -3.49. The highest BCUT2D eigenvalue weighted by atomic mass is 32.2. The number of carbonyl (C=O) groups excluding carboxylic acids is 1. The molecule has 0 radical (unpaired) electrons. The Labute approximate surface area is 120 Å². The maximum absolute atomic E-state index is 12.1. The van der Waals surface area contributed by atoms with Gasteiger partial charge in [0.15, 0.2) is 15.3 Å². The van der Waals surface area contributed by atoms with Crippen LogP contribution in [0.1, 0.15) is 47.5 Å². The molecule has 0 rings (SSSR count). The highest BCUT2D eigenvalue weighted by Crippen LogP contribution is 2.31. The zero-order chi connectivity index (χ0) is 16.2. The summed E-state index contributed by atoms with van der Waals surface area (Å²) in [4.78, 5) is 23.3. The molecular weight excluding hydrogens is 284 g/mol. The van der Waals surface area contributed by atoms with Crippen LogP contribution in [-0.2, 0) is 24.2 Å². The first kappa shape index (κ1) is 18.9. The van der Waals surface area contributed by atoms with Crippen molar-refractivity contribution in [3.05, 3.63) is 0 Å². The minimum Gasteiger partial charge on any atom is -0.480 e. The summed E-state index contributed by atoms with van der Waals surface area (Å²) in [6.07, 6.45) is -0.294. The number of esters is 1. The van der Waals surface area contributed by atoms with Gasteiger partial charge in [-0.25, -0.2) is 8.42 Å². The van der Waals surface area contributed by atoms with E-state index in [1.165, 1.54) is 6.92 Å². The van der Waals surface area contributed by atoms with Crippen molar-refractivity contribution in [3.8, 4) is 0 Å². The quantitative estimate of drug-likeness (QED) is 0.567. The van der Waals surface area contributed by atoms with E-state index < -0.39 is 31.9 Å². The molecule has 0 bridgehead atoms. The lowest BCUT2D eigenvalue weighted by Gasteiger charge is -2.27. The van der Waals surface area contributed by atoms with Crippen LogP contribution in [0.15, 0.2) is 0 Å². The van der Waals surface area contributed by atoms with Gasteiger partial charge in [-0.05, 0) is 40.5 Å². The van der Waals surface area contributed by atoms with Crippen LogP contribution >= 0.6 is 0 Å². The fraction of sp³-hybridized carbons (Fsp3) is 0.846. The molecule has 0 aromatic heterocycles. The summed E-state index contributed by atoms with van der Waals surface area (Å²) in [6.45, 7) is 7.80. The largest absolute Gasteiger partial charge is 0.480 e. The molecule has 0 saturated carbocycles. The fourth-order valence-corrected chi connectivity index (χ4v) is 2.88. The van der Waals surface area contributed by atoms with E-state index in [9.17, 15) is 23.1 Å². The minimum atomic E-state index is -3.49. The van der Waals surface area contributed by atoms with Gasteiger partial charge in [0, 0.05) is 0 Å². The molecule has 1 atom stereocenters. The zero-order valence-electron chi connectivity index (χ0n) is 12.7. The molecule has 0 aromatic carbocycles. The van der Waals surface area contributed by atoms with Gasteiger partial charge in [-0.2, -0.15) is 0 Å². The Morgan fingerprint density at radius 2 is 1.65 bits per heavy atom. The summed E-state index contributed by atoms with van der Waals surface area (Å²) < 4.78 is 28.0. The Morgan fingerprint density at radius 3 is 1.95 bits per heavy atom. The first-order chi connectivity index (χ1) is 8.94. The number of ether oxygens (including phenoxy) is 1. The Kier molecular flexibility index (Phi) is 6.20. The third-order valence-corrected chi connectivity index (χ3v) is 6.02. The average Bonchev–Trinajstić information content (AvgIpc) is 2.28. The number of sulfone groups is 1. The molecule has 0 aliphatic carbocycles. The molecule has 0 aromatic rings. The van der Waals surface area contributed by atoms with Crippen LogP contribution in [-0.4, -0.2) is 42.6 Å². The zero-order valence-corrected chi connectivity index (χ0v) is 13.5. The normalized spacial score (nSPS) is 15.4. The summed E-state index contributed by atoms with van der Waals surface area (Å²) in [5, 5.41) is 9.32. The number of carbonyl (C=O) groups is 2. The molecule has 0 amide bonds. The summed E-state index contributed by atoms with van der Waals surface area (Å²) in [5.74, 6) is -2.59. The highest BCUT2D eigenvalue weighted by molar-refractivity contribution is 7.92. The molecule has 0 heterocycles. The topological polar surface area (TPSA) is 97.7 Å². The molecule has 0 saturated heterocycles. The molecule has 1 N–H and O–H groups in total. The van der Waals surface area contributed by atoms with E-state index in [0.29, 0.717) is 0 Å². The van der Waals surface area contributed by atoms with Crippen LogP contribution in [0.3, 0.4) is 0 Å². The van der Waals surface area contributed by atoms with Crippen molar-refractivity contribution in [1.29, 1.82) is 0 Å². The second-order valence-electron chi connectivity index (χ2n) is 5.64.